The van der Waals surface area contributed by atoms with Crippen LogP contribution >= 0.6 is 45.8 Å². The van der Waals surface area contributed by atoms with Crippen LogP contribution in [0.15, 0.2) is 12.1 Å². The zero-order valence-corrected chi connectivity index (χ0v) is 10.4. The second-order valence-corrected chi connectivity index (χ2v) is 4.36. The van der Waals surface area contributed by atoms with E-state index in [1.165, 1.54) is 6.07 Å². The van der Waals surface area contributed by atoms with Gasteiger partial charge in [0.15, 0.2) is 6.61 Å². The minimum atomic E-state index is -1.05. The average molecular weight is 347 g/mol. The van der Waals surface area contributed by atoms with Gasteiger partial charge in [0.2, 0.25) is 0 Å². The van der Waals surface area contributed by atoms with E-state index in [0.717, 1.165) is 3.57 Å². The zero-order chi connectivity index (χ0) is 10.7. The normalized spacial score (nSPS) is 9.93. The number of hydrogen-bond donors (Lipinski definition) is 1. The van der Waals surface area contributed by atoms with Crippen molar-refractivity contribution in [2.75, 3.05) is 6.61 Å². The molecule has 0 fully saturated rings. The van der Waals surface area contributed by atoms with Gasteiger partial charge >= 0.3 is 5.97 Å². The quantitative estimate of drug-likeness (QED) is 0.676. The number of carbonyl (C=O) groups is 1. The first kappa shape index (κ1) is 11.9. The van der Waals surface area contributed by atoms with Crippen molar-refractivity contribution in [2.45, 2.75) is 0 Å². The van der Waals surface area contributed by atoms with Crippen molar-refractivity contribution in [3.8, 4) is 5.75 Å². The van der Waals surface area contributed by atoms with Gasteiger partial charge in [0.05, 0.1) is 10.0 Å². The lowest BCUT2D eigenvalue weighted by atomic mass is 10.3. The fourth-order valence-electron chi connectivity index (χ4n) is 0.754. The summed E-state index contributed by atoms with van der Waals surface area (Å²) in [6.45, 7) is -0.419. The van der Waals surface area contributed by atoms with Crippen molar-refractivity contribution in [2.24, 2.45) is 0 Å². The van der Waals surface area contributed by atoms with Gasteiger partial charge < -0.3 is 9.84 Å². The molecular weight excluding hydrogens is 342 g/mol. The van der Waals surface area contributed by atoms with Crippen molar-refractivity contribution in [1.29, 1.82) is 0 Å². The van der Waals surface area contributed by atoms with Gasteiger partial charge in [-0.15, -0.1) is 0 Å². The van der Waals surface area contributed by atoms with Gasteiger partial charge in [-0.3, -0.25) is 0 Å². The van der Waals surface area contributed by atoms with Gasteiger partial charge in [-0.25, -0.2) is 4.79 Å². The first-order valence-electron chi connectivity index (χ1n) is 3.50. The molecule has 0 heterocycles. The SMILES string of the molecule is O=C(O)COc1cc(I)c(Cl)cc1Cl. The van der Waals surface area contributed by atoms with E-state index in [1.807, 2.05) is 22.6 Å². The number of hydrogen-bond acceptors (Lipinski definition) is 2. The molecule has 1 rings (SSSR count). The topological polar surface area (TPSA) is 46.5 Å². The van der Waals surface area contributed by atoms with Gasteiger partial charge in [0, 0.05) is 3.57 Å². The van der Waals surface area contributed by atoms with Gasteiger partial charge in [-0.2, -0.15) is 0 Å². The Labute approximate surface area is 104 Å². The molecule has 3 nitrogen and oxygen atoms in total. The largest absolute Gasteiger partial charge is 0.480 e. The molecule has 0 spiro atoms. The Bertz CT molecular complexity index is 368. The van der Waals surface area contributed by atoms with Gasteiger partial charge in [-0.05, 0) is 34.7 Å². The molecule has 0 radical (unpaired) electrons. The first-order valence-corrected chi connectivity index (χ1v) is 5.33. The van der Waals surface area contributed by atoms with E-state index in [9.17, 15) is 4.79 Å². The summed E-state index contributed by atoms with van der Waals surface area (Å²) in [5, 5.41) is 9.21. The number of carboxylic acid groups (broad SMARTS) is 1. The maximum atomic E-state index is 10.2. The van der Waals surface area contributed by atoms with Crippen LogP contribution in [0.5, 0.6) is 5.75 Å². The van der Waals surface area contributed by atoms with Crippen molar-refractivity contribution in [3.63, 3.8) is 0 Å². The summed E-state index contributed by atoms with van der Waals surface area (Å²) in [7, 11) is 0. The number of benzene rings is 1. The van der Waals surface area contributed by atoms with E-state index in [-0.39, 0.29) is 0 Å². The van der Waals surface area contributed by atoms with Crippen LogP contribution in [0.3, 0.4) is 0 Å². The lowest BCUT2D eigenvalue weighted by molar-refractivity contribution is -0.139. The molecule has 0 unspecified atom stereocenters. The Morgan fingerprint density at radius 2 is 2.07 bits per heavy atom. The third-order valence-electron chi connectivity index (χ3n) is 1.33. The summed E-state index contributed by atoms with van der Waals surface area (Å²) in [6.07, 6.45) is 0. The minimum Gasteiger partial charge on any atom is -0.480 e. The molecule has 0 atom stereocenters. The van der Waals surface area contributed by atoms with Crippen molar-refractivity contribution in [3.05, 3.63) is 25.7 Å². The van der Waals surface area contributed by atoms with Crippen molar-refractivity contribution in [1.82, 2.24) is 0 Å². The van der Waals surface area contributed by atoms with Crippen molar-refractivity contribution < 1.29 is 14.6 Å². The Balaban J connectivity index is 2.87. The highest BCUT2D eigenvalue weighted by Gasteiger charge is 2.07. The molecule has 76 valence electrons. The lowest BCUT2D eigenvalue weighted by Gasteiger charge is -2.06. The smallest absolute Gasteiger partial charge is 0.341 e. The fraction of sp³-hybridized carbons (Fsp3) is 0.125. The molecule has 0 saturated carbocycles. The molecule has 0 saturated heterocycles. The molecule has 0 aliphatic rings. The molecule has 0 aliphatic heterocycles. The molecule has 1 N–H and O–H groups in total. The summed E-state index contributed by atoms with van der Waals surface area (Å²) in [5.41, 5.74) is 0. The van der Waals surface area contributed by atoms with E-state index in [1.54, 1.807) is 6.07 Å². The van der Waals surface area contributed by atoms with Crippen LogP contribution in [0.1, 0.15) is 0 Å². The summed E-state index contributed by atoms with van der Waals surface area (Å²) >= 11 is 13.6. The van der Waals surface area contributed by atoms with E-state index < -0.39 is 12.6 Å². The molecule has 0 amide bonds. The Kier molecular flexibility index (Phi) is 4.28. The number of ether oxygens (including phenoxy) is 1. The summed E-state index contributed by atoms with van der Waals surface area (Å²) in [6, 6.07) is 3.11. The predicted octanol–water partition coefficient (Wildman–Crippen LogP) is 3.06. The third kappa shape index (κ3) is 3.18. The summed E-state index contributed by atoms with van der Waals surface area (Å²) in [5.74, 6) is -0.728. The van der Waals surface area contributed by atoms with Crippen LogP contribution < -0.4 is 4.74 Å². The van der Waals surface area contributed by atoms with Crippen LogP contribution in [0, 0.1) is 3.57 Å². The van der Waals surface area contributed by atoms with Crippen LogP contribution in [0.25, 0.3) is 0 Å². The summed E-state index contributed by atoms with van der Waals surface area (Å²) in [4.78, 5) is 10.2. The second-order valence-electron chi connectivity index (χ2n) is 2.38. The van der Waals surface area contributed by atoms with Crippen LogP contribution in [0.4, 0.5) is 0 Å². The first-order chi connectivity index (χ1) is 6.50. The Morgan fingerprint density at radius 1 is 1.43 bits per heavy atom. The third-order valence-corrected chi connectivity index (χ3v) is 3.15. The fourth-order valence-corrected chi connectivity index (χ4v) is 1.63. The predicted molar refractivity (Wildman–Crippen MR) is 62.3 cm³/mol. The number of rotatable bonds is 3. The molecule has 14 heavy (non-hydrogen) atoms. The number of halogens is 3. The summed E-state index contributed by atoms with van der Waals surface area (Å²) < 4.78 is 5.70. The minimum absolute atomic E-state index is 0.302. The van der Waals surface area contributed by atoms with Gasteiger partial charge in [0.25, 0.3) is 0 Å². The van der Waals surface area contributed by atoms with Gasteiger partial charge in [0.1, 0.15) is 5.75 Å². The zero-order valence-electron chi connectivity index (χ0n) is 6.76. The van der Waals surface area contributed by atoms with Crippen LogP contribution in [-0.4, -0.2) is 17.7 Å². The van der Waals surface area contributed by atoms with Crippen LogP contribution in [-0.2, 0) is 4.79 Å². The highest BCUT2D eigenvalue weighted by atomic mass is 127. The molecular formula is C8H5Cl2IO3. The molecule has 1 aromatic rings. The molecule has 0 aliphatic carbocycles. The number of carboxylic acids is 1. The van der Waals surface area contributed by atoms with E-state index in [0.29, 0.717) is 15.8 Å². The molecule has 6 heteroatoms. The van der Waals surface area contributed by atoms with Crippen LogP contribution in [0.2, 0.25) is 10.0 Å². The highest BCUT2D eigenvalue weighted by Crippen LogP contribution is 2.31. The monoisotopic (exact) mass is 346 g/mol. The molecule has 0 aromatic heterocycles. The molecule has 0 bridgehead atoms. The van der Waals surface area contributed by atoms with Gasteiger partial charge in [-0.1, -0.05) is 23.2 Å². The Hall–Kier alpha value is -0.200. The Morgan fingerprint density at radius 3 is 2.64 bits per heavy atom. The van der Waals surface area contributed by atoms with E-state index in [2.05, 4.69) is 0 Å². The average Bonchev–Trinajstić information content (AvgIpc) is 2.09. The molecule has 1 aromatic carbocycles. The van der Waals surface area contributed by atoms with Crippen molar-refractivity contribution >= 4 is 51.8 Å². The second kappa shape index (κ2) is 5.04. The standard InChI is InChI=1S/C8H5Cl2IO3/c9-4-1-5(10)7(2-6(4)11)14-3-8(12)13/h1-2H,3H2,(H,12,13). The van der Waals surface area contributed by atoms with E-state index in [4.69, 9.17) is 33.0 Å². The van der Waals surface area contributed by atoms with E-state index >= 15 is 0 Å². The lowest BCUT2D eigenvalue weighted by Crippen LogP contribution is -2.09. The maximum Gasteiger partial charge on any atom is 0.341 e. The number of aliphatic carboxylic acids is 1. The highest BCUT2D eigenvalue weighted by molar-refractivity contribution is 14.1. The maximum absolute atomic E-state index is 10.2.